The van der Waals surface area contributed by atoms with Gasteiger partial charge in [-0.25, -0.2) is 13.6 Å². The minimum atomic E-state index is -3.93. The van der Waals surface area contributed by atoms with E-state index in [1.807, 2.05) is 97.1 Å². The van der Waals surface area contributed by atoms with Crippen LogP contribution in [0.2, 0.25) is 0 Å². The van der Waals surface area contributed by atoms with Crippen molar-refractivity contribution in [2.45, 2.75) is 24.4 Å². The summed E-state index contributed by atoms with van der Waals surface area (Å²) in [5.41, 5.74) is 5.34. The fourth-order valence-corrected chi connectivity index (χ4v) is 4.59. The molecule has 0 saturated heterocycles. The highest BCUT2D eigenvalue weighted by Crippen LogP contribution is 2.29. The maximum absolute atomic E-state index is 12.6. The summed E-state index contributed by atoms with van der Waals surface area (Å²) in [5.74, 6) is 0. The van der Waals surface area contributed by atoms with Gasteiger partial charge in [0, 0.05) is 30.9 Å². The normalized spacial score (nSPS) is 11.2. The third-order valence-electron chi connectivity index (χ3n) is 5.40. The highest BCUT2D eigenvalue weighted by Gasteiger charge is 2.20. The van der Waals surface area contributed by atoms with Crippen molar-refractivity contribution < 1.29 is 8.42 Å². The molecular formula is C27H27N3O2S. The Morgan fingerprint density at radius 2 is 1.18 bits per heavy atom. The van der Waals surface area contributed by atoms with E-state index in [-0.39, 0.29) is 4.90 Å². The Kier molecular flexibility index (Phi) is 7.07. The standard InChI is InChI=1S/C27H27N3O2S/c28-33(31,32)27-18-23(20-29-24-14-8-3-9-15-24)17-26(30-19-22-12-6-2-7-13-22)25(27)16-21-10-4-1-5-11-21/h1-15,17-18,29-30H,16,19-20H2,(H2,28,31,32). The molecule has 0 amide bonds. The van der Waals surface area contributed by atoms with E-state index in [4.69, 9.17) is 5.14 Å². The number of anilines is 2. The number of hydrogen-bond donors (Lipinski definition) is 3. The first-order valence-electron chi connectivity index (χ1n) is 10.8. The smallest absolute Gasteiger partial charge is 0.238 e. The van der Waals surface area contributed by atoms with E-state index in [2.05, 4.69) is 10.6 Å². The van der Waals surface area contributed by atoms with E-state index in [1.165, 1.54) is 0 Å². The molecule has 0 aliphatic carbocycles. The Balaban J connectivity index is 1.72. The molecular weight excluding hydrogens is 430 g/mol. The van der Waals surface area contributed by atoms with Crippen molar-refractivity contribution >= 4 is 21.4 Å². The highest BCUT2D eigenvalue weighted by atomic mass is 32.2. The molecule has 33 heavy (non-hydrogen) atoms. The van der Waals surface area contributed by atoms with Gasteiger partial charge in [0.1, 0.15) is 0 Å². The zero-order valence-electron chi connectivity index (χ0n) is 18.2. The molecule has 4 aromatic rings. The van der Waals surface area contributed by atoms with Crippen LogP contribution < -0.4 is 15.8 Å². The fraction of sp³-hybridized carbons (Fsp3) is 0.111. The minimum absolute atomic E-state index is 0.147. The Morgan fingerprint density at radius 3 is 1.79 bits per heavy atom. The molecule has 0 unspecified atom stereocenters. The van der Waals surface area contributed by atoms with E-state index in [0.29, 0.717) is 25.1 Å². The van der Waals surface area contributed by atoms with Gasteiger partial charge in [-0.05, 0) is 46.5 Å². The number of nitrogens with one attached hydrogen (secondary N) is 2. The number of hydrogen-bond acceptors (Lipinski definition) is 4. The van der Waals surface area contributed by atoms with Gasteiger partial charge in [0.15, 0.2) is 0 Å². The van der Waals surface area contributed by atoms with Crippen LogP contribution in [-0.4, -0.2) is 8.42 Å². The van der Waals surface area contributed by atoms with E-state index in [9.17, 15) is 8.42 Å². The van der Waals surface area contributed by atoms with Crippen LogP contribution in [0.4, 0.5) is 11.4 Å². The van der Waals surface area contributed by atoms with Crippen molar-refractivity contribution in [3.05, 3.63) is 125 Å². The van der Waals surface area contributed by atoms with E-state index in [1.54, 1.807) is 6.07 Å². The van der Waals surface area contributed by atoms with Gasteiger partial charge in [-0.2, -0.15) is 0 Å². The molecule has 0 fully saturated rings. The lowest BCUT2D eigenvalue weighted by molar-refractivity contribution is 0.596. The summed E-state index contributed by atoms with van der Waals surface area (Å²) in [6, 6.07) is 33.3. The maximum atomic E-state index is 12.6. The van der Waals surface area contributed by atoms with Crippen LogP contribution in [0.15, 0.2) is 108 Å². The van der Waals surface area contributed by atoms with E-state index in [0.717, 1.165) is 28.1 Å². The Hall–Kier alpha value is -3.61. The molecule has 0 saturated carbocycles. The SMILES string of the molecule is NS(=O)(=O)c1cc(CNc2ccccc2)cc(NCc2ccccc2)c1Cc1ccccc1. The average Bonchev–Trinajstić information content (AvgIpc) is 2.83. The summed E-state index contributed by atoms with van der Waals surface area (Å²) in [7, 11) is -3.93. The van der Waals surface area contributed by atoms with Crippen molar-refractivity contribution in [2.75, 3.05) is 10.6 Å². The summed E-state index contributed by atoms with van der Waals surface area (Å²) in [6.07, 6.45) is 0.454. The highest BCUT2D eigenvalue weighted by molar-refractivity contribution is 7.89. The van der Waals surface area contributed by atoms with Crippen LogP contribution in [0.5, 0.6) is 0 Å². The third kappa shape index (κ3) is 6.22. The first-order valence-corrected chi connectivity index (χ1v) is 12.3. The van der Waals surface area contributed by atoms with Crippen LogP contribution >= 0.6 is 0 Å². The summed E-state index contributed by atoms with van der Waals surface area (Å²) in [4.78, 5) is 0.147. The molecule has 0 atom stereocenters. The number of primary sulfonamides is 1. The van der Waals surface area contributed by atoms with Crippen molar-refractivity contribution in [3.63, 3.8) is 0 Å². The summed E-state index contributed by atoms with van der Waals surface area (Å²) in [6.45, 7) is 1.04. The van der Waals surface area contributed by atoms with Crippen LogP contribution in [-0.2, 0) is 29.5 Å². The van der Waals surface area contributed by atoms with Crippen molar-refractivity contribution in [2.24, 2.45) is 5.14 Å². The quantitative estimate of drug-likeness (QED) is 0.325. The lowest BCUT2D eigenvalue weighted by Crippen LogP contribution is -2.17. The monoisotopic (exact) mass is 457 g/mol. The van der Waals surface area contributed by atoms with Gasteiger partial charge in [0.25, 0.3) is 0 Å². The van der Waals surface area contributed by atoms with Crippen LogP contribution in [0, 0.1) is 0 Å². The molecule has 4 rings (SSSR count). The number of para-hydroxylation sites is 1. The van der Waals surface area contributed by atoms with E-state index < -0.39 is 10.0 Å². The molecule has 0 bridgehead atoms. The predicted molar refractivity (Wildman–Crippen MR) is 135 cm³/mol. The molecule has 0 spiro atoms. The lowest BCUT2D eigenvalue weighted by atomic mass is 10.0. The maximum Gasteiger partial charge on any atom is 0.238 e. The van der Waals surface area contributed by atoms with E-state index >= 15 is 0 Å². The average molecular weight is 458 g/mol. The van der Waals surface area contributed by atoms with Gasteiger partial charge < -0.3 is 10.6 Å². The predicted octanol–water partition coefficient (Wildman–Crippen LogP) is 5.15. The van der Waals surface area contributed by atoms with Crippen LogP contribution in [0.1, 0.15) is 22.3 Å². The van der Waals surface area contributed by atoms with Gasteiger partial charge in [-0.15, -0.1) is 0 Å². The molecule has 0 radical (unpaired) electrons. The van der Waals surface area contributed by atoms with Crippen molar-refractivity contribution in [1.29, 1.82) is 0 Å². The number of benzene rings is 4. The zero-order valence-corrected chi connectivity index (χ0v) is 19.1. The second kappa shape index (κ2) is 10.3. The molecule has 4 aromatic carbocycles. The summed E-state index contributed by atoms with van der Waals surface area (Å²) >= 11 is 0. The van der Waals surface area contributed by atoms with Crippen molar-refractivity contribution in [3.8, 4) is 0 Å². The summed E-state index contributed by atoms with van der Waals surface area (Å²) in [5, 5.41) is 12.5. The van der Waals surface area contributed by atoms with Gasteiger partial charge in [-0.1, -0.05) is 78.9 Å². The lowest BCUT2D eigenvalue weighted by Gasteiger charge is -2.19. The molecule has 6 heteroatoms. The zero-order chi connectivity index (χ0) is 23.1. The molecule has 168 valence electrons. The van der Waals surface area contributed by atoms with Crippen molar-refractivity contribution in [1.82, 2.24) is 0 Å². The van der Waals surface area contributed by atoms with Gasteiger partial charge in [-0.3, -0.25) is 0 Å². The Bertz CT molecular complexity index is 1290. The molecule has 0 aliphatic heterocycles. The number of rotatable bonds is 9. The minimum Gasteiger partial charge on any atom is -0.381 e. The topological polar surface area (TPSA) is 84.2 Å². The van der Waals surface area contributed by atoms with Gasteiger partial charge in [0.2, 0.25) is 10.0 Å². The molecule has 0 aliphatic rings. The molecule has 4 N–H and O–H groups in total. The van der Waals surface area contributed by atoms with Crippen LogP contribution in [0.25, 0.3) is 0 Å². The largest absolute Gasteiger partial charge is 0.381 e. The fourth-order valence-electron chi connectivity index (χ4n) is 3.75. The number of sulfonamides is 1. The number of nitrogens with two attached hydrogens (primary N) is 1. The van der Waals surface area contributed by atoms with Gasteiger partial charge in [0.05, 0.1) is 4.90 Å². The second-order valence-corrected chi connectivity index (χ2v) is 9.42. The molecule has 0 aromatic heterocycles. The first kappa shape index (κ1) is 22.6. The second-order valence-electron chi connectivity index (χ2n) is 7.89. The Morgan fingerprint density at radius 1 is 0.636 bits per heavy atom. The molecule has 0 heterocycles. The van der Waals surface area contributed by atoms with Crippen LogP contribution in [0.3, 0.4) is 0 Å². The van der Waals surface area contributed by atoms with Gasteiger partial charge >= 0.3 is 0 Å². The Labute approximate surface area is 195 Å². The summed E-state index contributed by atoms with van der Waals surface area (Å²) < 4.78 is 25.3. The third-order valence-corrected chi connectivity index (χ3v) is 6.37. The molecule has 5 nitrogen and oxygen atoms in total. The first-order chi connectivity index (χ1) is 16.0.